The van der Waals surface area contributed by atoms with E-state index in [9.17, 15) is 0 Å². The molecule has 14 heavy (non-hydrogen) atoms. The third kappa shape index (κ3) is 3.56. The maximum Gasteiger partial charge on any atom is 0.0587 e. The van der Waals surface area contributed by atoms with Crippen LogP contribution in [0.15, 0.2) is 0 Å². The molecule has 1 aliphatic heterocycles. The van der Waals surface area contributed by atoms with Crippen molar-refractivity contribution in [2.24, 2.45) is 5.41 Å². The Labute approximate surface area is 87.6 Å². The number of nitrogens with one attached hydrogen (secondary N) is 2. The molecule has 1 fully saturated rings. The minimum Gasteiger partial charge on any atom is -0.383 e. The largest absolute Gasteiger partial charge is 0.383 e. The van der Waals surface area contributed by atoms with Crippen molar-refractivity contribution in [1.29, 1.82) is 0 Å². The molecule has 1 aliphatic rings. The average Bonchev–Trinajstić information content (AvgIpc) is 2.14. The summed E-state index contributed by atoms with van der Waals surface area (Å²) in [5.74, 6) is 0. The maximum absolute atomic E-state index is 5.00. The lowest BCUT2D eigenvalue weighted by molar-refractivity contribution is 0.165. The molecule has 0 aromatic heterocycles. The van der Waals surface area contributed by atoms with Crippen LogP contribution < -0.4 is 10.6 Å². The van der Waals surface area contributed by atoms with E-state index in [2.05, 4.69) is 24.5 Å². The normalized spacial score (nSPS) is 26.4. The van der Waals surface area contributed by atoms with Crippen molar-refractivity contribution in [2.75, 3.05) is 33.4 Å². The van der Waals surface area contributed by atoms with Gasteiger partial charge in [0.05, 0.1) is 6.61 Å². The minimum absolute atomic E-state index is 0.429. The van der Waals surface area contributed by atoms with Crippen LogP contribution in [0.4, 0.5) is 0 Å². The Balaban J connectivity index is 2.20. The van der Waals surface area contributed by atoms with Gasteiger partial charge in [0.1, 0.15) is 0 Å². The highest BCUT2D eigenvalue weighted by atomic mass is 16.5. The van der Waals surface area contributed by atoms with Crippen LogP contribution >= 0.6 is 0 Å². The molecule has 3 heteroatoms. The van der Waals surface area contributed by atoms with E-state index in [4.69, 9.17) is 4.74 Å². The molecule has 0 aromatic carbocycles. The average molecular weight is 200 g/mol. The smallest absolute Gasteiger partial charge is 0.0587 e. The number of piperidine rings is 1. The summed E-state index contributed by atoms with van der Waals surface area (Å²) in [6.07, 6.45) is 2.64. The summed E-state index contributed by atoms with van der Waals surface area (Å²) in [5.41, 5.74) is 0.429. The molecule has 1 rings (SSSR count). The van der Waals surface area contributed by atoms with Gasteiger partial charge in [-0.25, -0.2) is 0 Å². The molecular weight excluding hydrogens is 176 g/mol. The highest BCUT2D eigenvalue weighted by molar-refractivity contribution is 4.89. The molecule has 0 saturated carbocycles. The second kappa shape index (κ2) is 5.69. The van der Waals surface area contributed by atoms with E-state index in [1.54, 1.807) is 7.11 Å². The fraction of sp³-hybridized carbons (Fsp3) is 1.00. The predicted molar refractivity (Wildman–Crippen MR) is 59.6 cm³/mol. The van der Waals surface area contributed by atoms with Gasteiger partial charge in [0.25, 0.3) is 0 Å². The zero-order valence-electron chi connectivity index (χ0n) is 9.73. The first kappa shape index (κ1) is 12.0. The van der Waals surface area contributed by atoms with E-state index in [0.717, 1.165) is 19.7 Å². The molecule has 0 spiro atoms. The zero-order chi connectivity index (χ0) is 10.4. The molecule has 0 aliphatic carbocycles. The molecule has 2 N–H and O–H groups in total. The van der Waals surface area contributed by atoms with Gasteiger partial charge in [-0.15, -0.1) is 0 Å². The molecule has 0 amide bonds. The molecule has 84 valence electrons. The summed E-state index contributed by atoms with van der Waals surface area (Å²) < 4.78 is 5.00. The van der Waals surface area contributed by atoms with Gasteiger partial charge in [0.2, 0.25) is 0 Å². The van der Waals surface area contributed by atoms with Gasteiger partial charge in [-0.1, -0.05) is 13.8 Å². The van der Waals surface area contributed by atoms with Crippen LogP contribution in [-0.4, -0.2) is 39.4 Å². The van der Waals surface area contributed by atoms with Crippen molar-refractivity contribution in [1.82, 2.24) is 10.6 Å². The third-order valence-electron chi connectivity index (χ3n) is 3.16. The van der Waals surface area contributed by atoms with Crippen LogP contribution in [0.2, 0.25) is 0 Å². The van der Waals surface area contributed by atoms with Crippen LogP contribution in [0.5, 0.6) is 0 Å². The lowest BCUT2D eigenvalue weighted by atomic mass is 9.77. The SMILES string of the molecule is COCCNCC1NCCCC1(C)C. The van der Waals surface area contributed by atoms with Crippen molar-refractivity contribution in [3.05, 3.63) is 0 Å². The Kier molecular flexibility index (Phi) is 4.85. The van der Waals surface area contributed by atoms with Crippen molar-refractivity contribution in [2.45, 2.75) is 32.7 Å². The third-order valence-corrected chi connectivity index (χ3v) is 3.16. The minimum atomic E-state index is 0.429. The van der Waals surface area contributed by atoms with E-state index >= 15 is 0 Å². The van der Waals surface area contributed by atoms with E-state index in [1.165, 1.54) is 19.4 Å². The molecule has 0 bridgehead atoms. The van der Waals surface area contributed by atoms with Crippen LogP contribution in [0.3, 0.4) is 0 Å². The van der Waals surface area contributed by atoms with E-state index < -0.39 is 0 Å². The number of hydrogen-bond donors (Lipinski definition) is 2. The molecular formula is C11H24N2O. The number of methoxy groups -OCH3 is 1. The standard InChI is InChI=1S/C11H24N2O/c1-11(2)5-4-6-13-10(11)9-12-7-8-14-3/h10,12-13H,4-9H2,1-3H3. The Morgan fingerprint density at radius 1 is 1.50 bits per heavy atom. The summed E-state index contributed by atoms with van der Waals surface area (Å²) in [6.45, 7) is 8.66. The topological polar surface area (TPSA) is 33.3 Å². The Morgan fingerprint density at radius 2 is 2.29 bits per heavy atom. The van der Waals surface area contributed by atoms with Crippen molar-refractivity contribution in [3.63, 3.8) is 0 Å². The Morgan fingerprint density at radius 3 is 2.93 bits per heavy atom. The monoisotopic (exact) mass is 200 g/mol. The molecule has 1 saturated heterocycles. The molecule has 1 unspecified atom stereocenters. The first-order valence-electron chi connectivity index (χ1n) is 5.60. The molecule has 1 heterocycles. The fourth-order valence-electron chi connectivity index (χ4n) is 2.04. The van der Waals surface area contributed by atoms with Crippen molar-refractivity contribution in [3.8, 4) is 0 Å². The summed E-state index contributed by atoms with van der Waals surface area (Å²) in [4.78, 5) is 0. The van der Waals surface area contributed by atoms with Crippen LogP contribution in [0.1, 0.15) is 26.7 Å². The highest BCUT2D eigenvalue weighted by Crippen LogP contribution is 2.29. The number of rotatable bonds is 5. The summed E-state index contributed by atoms with van der Waals surface area (Å²) >= 11 is 0. The first-order chi connectivity index (χ1) is 6.67. The Hall–Kier alpha value is -0.120. The molecule has 3 nitrogen and oxygen atoms in total. The van der Waals surface area contributed by atoms with Crippen LogP contribution in [0, 0.1) is 5.41 Å². The molecule has 1 atom stereocenters. The number of ether oxygens (including phenoxy) is 1. The van der Waals surface area contributed by atoms with Gasteiger partial charge in [0, 0.05) is 26.2 Å². The highest BCUT2D eigenvalue weighted by Gasteiger charge is 2.31. The Bertz CT molecular complexity index is 159. The second-order valence-electron chi connectivity index (χ2n) is 4.80. The fourth-order valence-corrected chi connectivity index (χ4v) is 2.04. The molecule has 0 aromatic rings. The first-order valence-corrected chi connectivity index (χ1v) is 5.60. The van der Waals surface area contributed by atoms with Gasteiger partial charge in [-0.2, -0.15) is 0 Å². The van der Waals surface area contributed by atoms with Gasteiger partial charge in [0.15, 0.2) is 0 Å². The van der Waals surface area contributed by atoms with Crippen molar-refractivity contribution >= 4 is 0 Å². The lowest BCUT2D eigenvalue weighted by Gasteiger charge is -2.39. The summed E-state index contributed by atoms with van der Waals surface area (Å²) in [5, 5.41) is 7.01. The number of hydrogen-bond acceptors (Lipinski definition) is 3. The van der Waals surface area contributed by atoms with Crippen molar-refractivity contribution < 1.29 is 4.74 Å². The van der Waals surface area contributed by atoms with Gasteiger partial charge in [-0.05, 0) is 24.8 Å². The van der Waals surface area contributed by atoms with Crippen LogP contribution in [0.25, 0.3) is 0 Å². The lowest BCUT2D eigenvalue weighted by Crippen LogP contribution is -2.52. The van der Waals surface area contributed by atoms with Gasteiger partial charge in [-0.3, -0.25) is 0 Å². The van der Waals surface area contributed by atoms with Gasteiger partial charge >= 0.3 is 0 Å². The van der Waals surface area contributed by atoms with E-state index in [0.29, 0.717) is 11.5 Å². The predicted octanol–water partition coefficient (Wildman–Crippen LogP) is 1.00. The van der Waals surface area contributed by atoms with Gasteiger partial charge < -0.3 is 15.4 Å². The quantitative estimate of drug-likeness (QED) is 0.650. The van der Waals surface area contributed by atoms with Crippen LogP contribution in [-0.2, 0) is 4.74 Å². The maximum atomic E-state index is 5.00. The van der Waals surface area contributed by atoms with E-state index in [-0.39, 0.29) is 0 Å². The zero-order valence-corrected chi connectivity index (χ0v) is 9.73. The summed E-state index contributed by atoms with van der Waals surface area (Å²) in [6, 6.07) is 0.605. The van der Waals surface area contributed by atoms with E-state index in [1.807, 2.05) is 0 Å². The second-order valence-corrected chi connectivity index (χ2v) is 4.80. The summed E-state index contributed by atoms with van der Waals surface area (Å²) in [7, 11) is 1.74. The molecule has 0 radical (unpaired) electrons.